The van der Waals surface area contributed by atoms with Gasteiger partial charge in [-0.15, -0.1) is 0 Å². The summed E-state index contributed by atoms with van der Waals surface area (Å²) in [6.45, 7) is 1.54. The van der Waals surface area contributed by atoms with Crippen molar-refractivity contribution in [3.63, 3.8) is 0 Å². The van der Waals surface area contributed by atoms with E-state index in [4.69, 9.17) is 5.73 Å². The largest absolute Gasteiger partial charge is 0.332 e. The molecule has 0 atom stereocenters. The van der Waals surface area contributed by atoms with E-state index in [1.807, 2.05) is 31.7 Å². The lowest BCUT2D eigenvalue weighted by atomic mass is 10.4. The molecule has 3 N–H and O–H groups in total. The Bertz CT molecular complexity index is 712. The van der Waals surface area contributed by atoms with Gasteiger partial charge in [-0.3, -0.25) is 4.68 Å². The van der Waals surface area contributed by atoms with Crippen molar-refractivity contribution in [1.82, 2.24) is 24.3 Å². The van der Waals surface area contributed by atoms with Crippen molar-refractivity contribution < 1.29 is 0 Å². The highest BCUT2D eigenvalue weighted by Crippen LogP contribution is 2.17. The van der Waals surface area contributed by atoms with Gasteiger partial charge in [0.05, 0.1) is 11.9 Å². The SMILES string of the molecule is Cn1cc(Nc2ncc3ccn(CCCN)c3n2)cn1. The highest BCUT2D eigenvalue weighted by Gasteiger charge is 2.06. The Hall–Kier alpha value is -2.41. The van der Waals surface area contributed by atoms with Crippen molar-refractivity contribution >= 4 is 22.7 Å². The third-order valence-electron chi connectivity index (χ3n) is 3.07. The van der Waals surface area contributed by atoms with E-state index in [2.05, 4.69) is 25.0 Å². The summed E-state index contributed by atoms with van der Waals surface area (Å²) in [7, 11) is 1.87. The third-order valence-corrected chi connectivity index (χ3v) is 3.07. The van der Waals surface area contributed by atoms with Crippen molar-refractivity contribution in [3.8, 4) is 0 Å². The lowest BCUT2D eigenvalue weighted by molar-refractivity contribution is 0.666. The van der Waals surface area contributed by atoms with Gasteiger partial charge in [-0.1, -0.05) is 0 Å². The van der Waals surface area contributed by atoms with E-state index in [0.29, 0.717) is 12.5 Å². The van der Waals surface area contributed by atoms with Crippen LogP contribution in [0, 0.1) is 0 Å². The van der Waals surface area contributed by atoms with E-state index in [1.165, 1.54) is 0 Å². The van der Waals surface area contributed by atoms with Gasteiger partial charge in [-0.25, -0.2) is 4.98 Å². The summed E-state index contributed by atoms with van der Waals surface area (Å²) in [6, 6.07) is 2.01. The van der Waals surface area contributed by atoms with Crippen molar-refractivity contribution in [2.75, 3.05) is 11.9 Å². The number of fused-ring (bicyclic) bond motifs is 1. The first kappa shape index (κ1) is 12.6. The monoisotopic (exact) mass is 271 g/mol. The van der Waals surface area contributed by atoms with Crippen LogP contribution in [-0.2, 0) is 13.6 Å². The number of nitrogens with two attached hydrogens (primary N) is 1. The molecular formula is C13H17N7. The average Bonchev–Trinajstić information content (AvgIpc) is 3.03. The van der Waals surface area contributed by atoms with Gasteiger partial charge in [-0.2, -0.15) is 10.1 Å². The Balaban J connectivity index is 1.88. The van der Waals surface area contributed by atoms with E-state index in [0.717, 1.165) is 29.7 Å². The van der Waals surface area contributed by atoms with E-state index in [-0.39, 0.29) is 0 Å². The first-order valence-electron chi connectivity index (χ1n) is 6.54. The first-order chi connectivity index (χ1) is 9.76. The molecule has 0 saturated carbocycles. The summed E-state index contributed by atoms with van der Waals surface area (Å²) in [6.07, 6.45) is 8.38. The minimum atomic E-state index is 0.568. The lowest BCUT2D eigenvalue weighted by Crippen LogP contribution is -2.06. The normalized spacial score (nSPS) is 11.1. The summed E-state index contributed by atoms with van der Waals surface area (Å²) in [5.41, 5.74) is 7.34. The Labute approximate surface area is 116 Å². The van der Waals surface area contributed by atoms with Crippen LogP contribution in [0.1, 0.15) is 6.42 Å². The second-order valence-electron chi connectivity index (χ2n) is 4.65. The van der Waals surface area contributed by atoms with E-state index in [9.17, 15) is 0 Å². The molecule has 3 aromatic heterocycles. The molecule has 3 heterocycles. The van der Waals surface area contributed by atoms with Gasteiger partial charge in [0.25, 0.3) is 0 Å². The zero-order valence-corrected chi connectivity index (χ0v) is 11.3. The molecule has 0 aromatic carbocycles. The number of anilines is 2. The standard InChI is InChI=1S/C13H17N7/c1-19-9-11(8-16-19)17-13-15-7-10-3-6-20(5-2-4-14)12(10)18-13/h3,6-9H,2,4-5,14H2,1H3,(H,15,17,18). The molecule has 0 unspecified atom stereocenters. The number of nitrogens with one attached hydrogen (secondary N) is 1. The molecule has 3 rings (SSSR count). The topological polar surface area (TPSA) is 86.6 Å². The molecule has 0 saturated heterocycles. The average molecular weight is 271 g/mol. The van der Waals surface area contributed by atoms with Crippen LogP contribution in [0.2, 0.25) is 0 Å². The molecule has 104 valence electrons. The minimum absolute atomic E-state index is 0.568. The van der Waals surface area contributed by atoms with Crippen LogP contribution in [-0.4, -0.2) is 30.9 Å². The van der Waals surface area contributed by atoms with Gasteiger partial charge < -0.3 is 15.6 Å². The van der Waals surface area contributed by atoms with Crippen LogP contribution in [0.15, 0.2) is 30.9 Å². The zero-order valence-electron chi connectivity index (χ0n) is 11.3. The summed E-state index contributed by atoms with van der Waals surface area (Å²) in [5, 5.41) is 8.28. The number of hydrogen-bond acceptors (Lipinski definition) is 5. The summed E-state index contributed by atoms with van der Waals surface area (Å²) >= 11 is 0. The highest BCUT2D eigenvalue weighted by molar-refractivity contribution is 5.76. The molecule has 7 nitrogen and oxygen atoms in total. The Kier molecular flexibility index (Phi) is 3.34. The molecule has 0 amide bonds. The van der Waals surface area contributed by atoms with Gasteiger partial charge in [-0.05, 0) is 19.0 Å². The molecule has 0 aliphatic heterocycles. The number of hydrogen-bond donors (Lipinski definition) is 2. The summed E-state index contributed by atoms with van der Waals surface area (Å²) in [5.74, 6) is 0.568. The maximum atomic E-state index is 5.56. The summed E-state index contributed by atoms with van der Waals surface area (Å²) in [4.78, 5) is 8.86. The molecule has 0 fully saturated rings. The Morgan fingerprint density at radius 3 is 3.00 bits per heavy atom. The number of aryl methyl sites for hydroxylation is 2. The second-order valence-corrected chi connectivity index (χ2v) is 4.65. The van der Waals surface area contributed by atoms with Gasteiger partial charge in [0, 0.05) is 37.6 Å². The number of aromatic nitrogens is 5. The van der Waals surface area contributed by atoms with Gasteiger partial charge in [0.2, 0.25) is 5.95 Å². The van der Waals surface area contributed by atoms with Crippen LogP contribution in [0.3, 0.4) is 0 Å². The fraction of sp³-hybridized carbons (Fsp3) is 0.308. The highest BCUT2D eigenvalue weighted by atomic mass is 15.3. The van der Waals surface area contributed by atoms with E-state index in [1.54, 1.807) is 10.9 Å². The first-order valence-corrected chi connectivity index (χ1v) is 6.54. The maximum absolute atomic E-state index is 5.56. The fourth-order valence-corrected chi connectivity index (χ4v) is 2.09. The summed E-state index contributed by atoms with van der Waals surface area (Å²) < 4.78 is 3.82. The molecule has 0 aliphatic carbocycles. The predicted octanol–water partition coefficient (Wildman–Crippen LogP) is 1.26. The third kappa shape index (κ3) is 2.48. The van der Waals surface area contributed by atoms with Gasteiger partial charge >= 0.3 is 0 Å². The predicted molar refractivity (Wildman–Crippen MR) is 77.7 cm³/mol. The zero-order chi connectivity index (χ0) is 13.9. The smallest absolute Gasteiger partial charge is 0.229 e. The Morgan fingerprint density at radius 2 is 2.25 bits per heavy atom. The van der Waals surface area contributed by atoms with Crippen LogP contribution in [0.5, 0.6) is 0 Å². The van der Waals surface area contributed by atoms with E-state index >= 15 is 0 Å². The van der Waals surface area contributed by atoms with Crippen LogP contribution < -0.4 is 11.1 Å². The van der Waals surface area contributed by atoms with Crippen LogP contribution in [0.4, 0.5) is 11.6 Å². The molecule has 0 spiro atoms. The van der Waals surface area contributed by atoms with Crippen LogP contribution in [0.25, 0.3) is 11.0 Å². The molecule has 20 heavy (non-hydrogen) atoms. The molecule has 3 aromatic rings. The molecule has 0 radical (unpaired) electrons. The van der Waals surface area contributed by atoms with Gasteiger partial charge in [0.1, 0.15) is 5.65 Å². The maximum Gasteiger partial charge on any atom is 0.229 e. The molecule has 0 aliphatic rings. The van der Waals surface area contributed by atoms with E-state index < -0.39 is 0 Å². The minimum Gasteiger partial charge on any atom is -0.332 e. The molecule has 7 heteroatoms. The molecule has 0 bridgehead atoms. The fourth-order valence-electron chi connectivity index (χ4n) is 2.09. The lowest BCUT2D eigenvalue weighted by Gasteiger charge is -2.05. The number of rotatable bonds is 5. The van der Waals surface area contributed by atoms with Crippen molar-refractivity contribution in [2.24, 2.45) is 12.8 Å². The Morgan fingerprint density at radius 1 is 1.35 bits per heavy atom. The quantitative estimate of drug-likeness (QED) is 0.729. The van der Waals surface area contributed by atoms with Crippen molar-refractivity contribution in [2.45, 2.75) is 13.0 Å². The number of nitrogens with zero attached hydrogens (tertiary/aromatic N) is 5. The van der Waals surface area contributed by atoms with Crippen molar-refractivity contribution in [3.05, 3.63) is 30.9 Å². The van der Waals surface area contributed by atoms with Crippen LogP contribution >= 0.6 is 0 Å². The second kappa shape index (κ2) is 5.30. The van der Waals surface area contributed by atoms with Gasteiger partial charge in [0.15, 0.2) is 0 Å². The molecular weight excluding hydrogens is 254 g/mol. The van der Waals surface area contributed by atoms with Crippen molar-refractivity contribution in [1.29, 1.82) is 0 Å².